The van der Waals surface area contributed by atoms with E-state index in [0.717, 1.165) is 22.9 Å². The minimum atomic E-state index is 0.532. The zero-order valence-corrected chi connectivity index (χ0v) is 10.2. The van der Waals surface area contributed by atoms with Gasteiger partial charge in [0.05, 0.1) is 27.5 Å². The molecule has 0 N–H and O–H groups in total. The number of hydrogen-bond donors (Lipinski definition) is 0. The molecule has 1 aromatic carbocycles. The van der Waals surface area contributed by atoms with Crippen LogP contribution in [0.1, 0.15) is 0 Å². The molecule has 0 aliphatic heterocycles. The first-order valence-corrected chi connectivity index (χ1v) is 5.99. The minimum absolute atomic E-state index is 0.532. The van der Waals surface area contributed by atoms with Gasteiger partial charge < -0.3 is 4.57 Å². The molecule has 0 bridgehead atoms. The second-order valence-electron chi connectivity index (χ2n) is 3.24. The van der Waals surface area contributed by atoms with Crippen LogP contribution in [-0.2, 0) is 0 Å². The second-order valence-corrected chi connectivity index (χ2v) is 4.58. The van der Waals surface area contributed by atoms with Crippen LogP contribution in [0.3, 0.4) is 0 Å². The summed E-state index contributed by atoms with van der Waals surface area (Å²) in [6.07, 6.45) is 3.82. The van der Waals surface area contributed by atoms with Crippen molar-refractivity contribution in [1.29, 1.82) is 0 Å². The van der Waals surface area contributed by atoms with Gasteiger partial charge in [-0.15, -0.1) is 0 Å². The van der Waals surface area contributed by atoms with E-state index in [1.807, 2.05) is 29.1 Å². The predicted molar refractivity (Wildman–Crippen MR) is 66.8 cm³/mol. The Morgan fingerprint density at radius 1 is 1.00 bits per heavy atom. The Hall–Kier alpha value is -1.10. The van der Waals surface area contributed by atoms with Crippen LogP contribution < -0.4 is 0 Å². The molecule has 0 aliphatic carbocycles. The van der Waals surface area contributed by atoms with Gasteiger partial charge in [0.15, 0.2) is 0 Å². The Labute approximate surface area is 106 Å². The number of aromatic nitrogens is 3. The quantitative estimate of drug-likeness (QED) is 0.673. The van der Waals surface area contributed by atoms with E-state index in [9.17, 15) is 0 Å². The number of hydrogen-bond acceptors (Lipinski definition) is 3. The molecule has 0 atom stereocenters. The molecule has 2 heterocycles. The van der Waals surface area contributed by atoms with Crippen LogP contribution in [0.4, 0.5) is 0 Å². The maximum atomic E-state index is 6.19. The standard InChI is InChI=1S/C10H5Cl2N3S/c11-6-5-7(12)10(15-3-1-2-4-15)9-8(6)13-16-14-9/h1-5H. The van der Waals surface area contributed by atoms with Gasteiger partial charge in [-0.3, -0.25) is 0 Å². The van der Waals surface area contributed by atoms with Crippen LogP contribution in [0.5, 0.6) is 0 Å². The van der Waals surface area contributed by atoms with E-state index >= 15 is 0 Å². The molecule has 0 radical (unpaired) electrons. The molecule has 3 rings (SSSR count). The zero-order valence-electron chi connectivity index (χ0n) is 7.89. The van der Waals surface area contributed by atoms with Gasteiger partial charge in [-0.2, -0.15) is 8.75 Å². The van der Waals surface area contributed by atoms with Crippen LogP contribution in [0.25, 0.3) is 16.7 Å². The normalized spacial score (nSPS) is 11.1. The van der Waals surface area contributed by atoms with E-state index in [-0.39, 0.29) is 0 Å². The summed E-state index contributed by atoms with van der Waals surface area (Å²) in [4.78, 5) is 0. The van der Waals surface area contributed by atoms with Crippen LogP contribution >= 0.6 is 34.9 Å². The van der Waals surface area contributed by atoms with Gasteiger partial charge in [-0.25, -0.2) is 0 Å². The number of nitrogens with zero attached hydrogens (tertiary/aromatic N) is 3. The number of rotatable bonds is 1. The van der Waals surface area contributed by atoms with Gasteiger partial charge >= 0.3 is 0 Å². The molecule has 0 fully saturated rings. The molecule has 2 aromatic heterocycles. The maximum Gasteiger partial charge on any atom is 0.131 e. The Morgan fingerprint density at radius 2 is 1.69 bits per heavy atom. The summed E-state index contributed by atoms with van der Waals surface area (Å²) < 4.78 is 10.3. The average molecular weight is 270 g/mol. The molecule has 80 valence electrons. The lowest BCUT2D eigenvalue weighted by molar-refractivity contribution is 1.09. The van der Waals surface area contributed by atoms with E-state index < -0.39 is 0 Å². The highest BCUT2D eigenvalue weighted by atomic mass is 35.5. The summed E-state index contributed by atoms with van der Waals surface area (Å²) in [5.74, 6) is 0. The van der Waals surface area contributed by atoms with Crippen molar-refractivity contribution in [2.75, 3.05) is 0 Å². The summed E-state index contributed by atoms with van der Waals surface area (Å²) in [5.41, 5.74) is 2.25. The fraction of sp³-hybridized carbons (Fsp3) is 0. The molecule has 3 nitrogen and oxygen atoms in total. The van der Waals surface area contributed by atoms with Gasteiger partial charge in [0, 0.05) is 12.4 Å². The third-order valence-corrected chi connectivity index (χ3v) is 3.39. The van der Waals surface area contributed by atoms with Gasteiger partial charge in [-0.05, 0) is 18.2 Å². The molecule has 0 amide bonds. The summed E-state index contributed by atoms with van der Waals surface area (Å²) in [6, 6.07) is 5.55. The molecular formula is C10H5Cl2N3S. The Balaban J connectivity index is 2.43. The molecule has 0 aliphatic rings. The summed E-state index contributed by atoms with van der Waals surface area (Å²) in [7, 11) is 0. The molecular weight excluding hydrogens is 265 g/mol. The summed E-state index contributed by atoms with van der Waals surface area (Å²) in [5, 5.41) is 1.10. The highest BCUT2D eigenvalue weighted by molar-refractivity contribution is 7.00. The fourth-order valence-electron chi connectivity index (χ4n) is 1.59. The van der Waals surface area contributed by atoms with Gasteiger partial charge in [0.1, 0.15) is 11.0 Å². The van der Waals surface area contributed by atoms with Crippen molar-refractivity contribution >= 4 is 46.0 Å². The Morgan fingerprint density at radius 3 is 2.44 bits per heavy atom. The first kappa shape index (κ1) is 10.1. The lowest BCUT2D eigenvalue weighted by Gasteiger charge is -2.06. The molecule has 16 heavy (non-hydrogen) atoms. The van der Waals surface area contributed by atoms with E-state index in [2.05, 4.69) is 8.75 Å². The highest BCUT2D eigenvalue weighted by Gasteiger charge is 2.14. The van der Waals surface area contributed by atoms with E-state index in [1.165, 1.54) is 0 Å². The summed E-state index contributed by atoms with van der Waals surface area (Å²) in [6.45, 7) is 0. The number of halogens is 2. The van der Waals surface area contributed by atoms with Gasteiger partial charge in [0.25, 0.3) is 0 Å². The Bertz CT molecular complexity index is 645. The SMILES string of the molecule is Clc1cc(Cl)c2nsnc2c1-n1cccc1. The van der Waals surface area contributed by atoms with Crippen LogP contribution in [0, 0.1) is 0 Å². The molecule has 0 unspecified atom stereocenters. The molecule has 3 aromatic rings. The van der Waals surface area contributed by atoms with Crippen LogP contribution in [0.15, 0.2) is 30.6 Å². The van der Waals surface area contributed by atoms with E-state index in [4.69, 9.17) is 23.2 Å². The monoisotopic (exact) mass is 269 g/mol. The molecule has 0 saturated carbocycles. The average Bonchev–Trinajstić information content (AvgIpc) is 2.86. The van der Waals surface area contributed by atoms with Crippen molar-refractivity contribution in [3.63, 3.8) is 0 Å². The predicted octanol–water partition coefficient (Wildman–Crippen LogP) is 3.79. The summed E-state index contributed by atoms with van der Waals surface area (Å²) >= 11 is 13.4. The van der Waals surface area contributed by atoms with Crippen molar-refractivity contribution < 1.29 is 0 Å². The van der Waals surface area contributed by atoms with Crippen molar-refractivity contribution in [3.05, 3.63) is 40.6 Å². The largest absolute Gasteiger partial charge is 0.321 e. The third-order valence-electron chi connectivity index (χ3n) is 2.28. The van der Waals surface area contributed by atoms with E-state index in [1.54, 1.807) is 6.07 Å². The molecule has 0 saturated heterocycles. The van der Waals surface area contributed by atoms with Crippen LogP contribution in [0.2, 0.25) is 10.0 Å². The van der Waals surface area contributed by atoms with Gasteiger partial charge in [0.2, 0.25) is 0 Å². The minimum Gasteiger partial charge on any atom is -0.321 e. The topological polar surface area (TPSA) is 30.7 Å². The maximum absolute atomic E-state index is 6.19. The number of fused-ring (bicyclic) bond motifs is 1. The smallest absolute Gasteiger partial charge is 0.131 e. The van der Waals surface area contributed by atoms with Crippen LogP contribution in [-0.4, -0.2) is 13.3 Å². The molecule has 0 spiro atoms. The number of benzene rings is 1. The second kappa shape index (κ2) is 3.73. The highest BCUT2D eigenvalue weighted by Crippen LogP contribution is 2.33. The van der Waals surface area contributed by atoms with E-state index in [0.29, 0.717) is 15.6 Å². The zero-order chi connectivity index (χ0) is 11.1. The van der Waals surface area contributed by atoms with Gasteiger partial charge in [-0.1, -0.05) is 23.2 Å². The van der Waals surface area contributed by atoms with Crippen molar-refractivity contribution in [1.82, 2.24) is 13.3 Å². The Kier molecular flexibility index (Phi) is 2.35. The molecule has 6 heteroatoms. The van der Waals surface area contributed by atoms with Crippen molar-refractivity contribution in [2.24, 2.45) is 0 Å². The fourth-order valence-corrected chi connectivity index (χ4v) is 2.80. The third kappa shape index (κ3) is 1.42. The van der Waals surface area contributed by atoms with Crippen molar-refractivity contribution in [2.45, 2.75) is 0 Å². The van der Waals surface area contributed by atoms with Crippen molar-refractivity contribution in [3.8, 4) is 5.69 Å². The first-order valence-electron chi connectivity index (χ1n) is 4.51. The lowest BCUT2D eigenvalue weighted by Crippen LogP contribution is -1.93. The first-order chi connectivity index (χ1) is 7.77. The lowest BCUT2D eigenvalue weighted by atomic mass is 10.2.